The number of amides is 1. The van der Waals surface area contributed by atoms with Gasteiger partial charge in [0.25, 0.3) is 5.91 Å². The Balaban J connectivity index is 1.69. The van der Waals surface area contributed by atoms with Crippen LogP contribution in [0.1, 0.15) is 53.8 Å². The summed E-state index contributed by atoms with van der Waals surface area (Å²) < 4.78 is 5.48. The van der Waals surface area contributed by atoms with E-state index in [0.29, 0.717) is 31.3 Å². The van der Waals surface area contributed by atoms with Crippen LogP contribution >= 0.6 is 0 Å². The summed E-state index contributed by atoms with van der Waals surface area (Å²) in [7, 11) is 3.86. The molecule has 0 radical (unpaired) electrons. The highest BCUT2D eigenvalue weighted by molar-refractivity contribution is 5.94. The zero-order chi connectivity index (χ0) is 23.2. The van der Waals surface area contributed by atoms with Gasteiger partial charge in [-0.1, -0.05) is 12.1 Å². The van der Waals surface area contributed by atoms with Crippen LogP contribution in [0.3, 0.4) is 0 Å². The number of ether oxygens (including phenoxy) is 1. The first-order valence-electron chi connectivity index (χ1n) is 11.5. The summed E-state index contributed by atoms with van der Waals surface area (Å²) in [6.45, 7) is 3.91. The molecule has 33 heavy (non-hydrogen) atoms. The van der Waals surface area contributed by atoms with Crippen molar-refractivity contribution in [3.05, 3.63) is 71.8 Å². The molecule has 0 spiro atoms. The van der Waals surface area contributed by atoms with Crippen molar-refractivity contribution in [2.24, 2.45) is 0 Å². The number of nitrogens with zero attached hydrogens (tertiary/aromatic N) is 5. The molecule has 1 saturated heterocycles. The van der Waals surface area contributed by atoms with Crippen LogP contribution in [0.5, 0.6) is 0 Å². The smallest absolute Gasteiger partial charge is 0.254 e. The number of aromatic nitrogens is 3. The topological polar surface area (TPSA) is 71.5 Å². The Morgan fingerprint density at radius 2 is 1.88 bits per heavy atom. The Labute approximate surface area is 195 Å². The third-order valence-corrected chi connectivity index (χ3v) is 5.95. The maximum atomic E-state index is 13.6. The number of piperidine rings is 1. The molecule has 1 fully saturated rings. The molecule has 1 aromatic carbocycles. The van der Waals surface area contributed by atoms with Crippen molar-refractivity contribution in [1.82, 2.24) is 19.9 Å². The van der Waals surface area contributed by atoms with Gasteiger partial charge in [-0.25, -0.2) is 9.97 Å². The van der Waals surface area contributed by atoms with E-state index in [2.05, 4.69) is 9.97 Å². The van der Waals surface area contributed by atoms with Crippen molar-refractivity contribution in [1.29, 1.82) is 0 Å². The number of carbonyl (C=O) groups excluding carboxylic acids is 1. The van der Waals surface area contributed by atoms with Gasteiger partial charge in [-0.2, -0.15) is 0 Å². The molecule has 0 bridgehead atoms. The molecule has 0 N–H and O–H groups in total. The third-order valence-electron chi connectivity index (χ3n) is 5.95. The quantitative estimate of drug-likeness (QED) is 0.533. The Morgan fingerprint density at radius 3 is 2.58 bits per heavy atom. The normalized spacial score (nSPS) is 16.0. The third kappa shape index (κ3) is 5.20. The van der Waals surface area contributed by atoms with Crippen LogP contribution in [0.25, 0.3) is 11.1 Å². The summed E-state index contributed by atoms with van der Waals surface area (Å²) in [6.07, 6.45) is 8.32. The van der Waals surface area contributed by atoms with Gasteiger partial charge in [-0.05, 0) is 61.6 Å². The lowest BCUT2D eigenvalue weighted by Gasteiger charge is -2.36. The minimum Gasteiger partial charge on any atom is -0.377 e. The van der Waals surface area contributed by atoms with Gasteiger partial charge < -0.3 is 14.5 Å². The van der Waals surface area contributed by atoms with Crippen molar-refractivity contribution < 1.29 is 9.53 Å². The molecule has 172 valence electrons. The number of hydrogen-bond donors (Lipinski definition) is 0. The molecule has 4 rings (SSSR count). The lowest BCUT2D eigenvalue weighted by Crippen LogP contribution is -2.39. The highest BCUT2D eigenvalue weighted by Crippen LogP contribution is 2.37. The molecule has 2 aromatic heterocycles. The van der Waals surface area contributed by atoms with E-state index in [1.165, 1.54) is 0 Å². The lowest BCUT2D eigenvalue weighted by molar-refractivity contribution is 0.0606. The van der Waals surface area contributed by atoms with Gasteiger partial charge >= 0.3 is 0 Å². The van der Waals surface area contributed by atoms with Crippen molar-refractivity contribution in [2.75, 3.05) is 32.1 Å². The molecular weight excluding hydrogens is 414 g/mol. The van der Waals surface area contributed by atoms with Crippen molar-refractivity contribution >= 4 is 11.9 Å². The number of benzene rings is 1. The Morgan fingerprint density at radius 1 is 1.12 bits per heavy atom. The van der Waals surface area contributed by atoms with E-state index < -0.39 is 0 Å². The van der Waals surface area contributed by atoms with Crippen LogP contribution in [0.2, 0.25) is 0 Å². The van der Waals surface area contributed by atoms with E-state index in [-0.39, 0.29) is 11.9 Å². The maximum Gasteiger partial charge on any atom is 0.254 e. The number of pyridine rings is 1. The van der Waals surface area contributed by atoms with Gasteiger partial charge in [-0.3, -0.25) is 9.78 Å². The zero-order valence-corrected chi connectivity index (χ0v) is 19.6. The van der Waals surface area contributed by atoms with Gasteiger partial charge in [0.1, 0.15) is 0 Å². The number of anilines is 1. The molecule has 7 heteroatoms. The predicted molar refractivity (Wildman–Crippen MR) is 129 cm³/mol. The summed E-state index contributed by atoms with van der Waals surface area (Å²) >= 11 is 0. The first-order chi connectivity index (χ1) is 16.1. The Kier molecular flexibility index (Phi) is 7.29. The van der Waals surface area contributed by atoms with Gasteiger partial charge in [0.15, 0.2) is 0 Å². The first kappa shape index (κ1) is 22.9. The van der Waals surface area contributed by atoms with Crippen molar-refractivity contribution in [3.8, 4) is 11.1 Å². The summed E-state index contributed by atoms with van der Waals surface area (Å²) in [6, 6.07) is 11.6. The molecule has 0 saturated carbocycles. The minimum absolute atomic E-state index is 0.0355. The van der Waals surface area contributed by atoms with Crippen LogP contribution in [0.15, 0.2) is 55.0 Å². The number of likely N-dealkylation sites (tertiary alicyclic amines) is 1. The fourth-order valence-electron chi connectivity index (χ4n) is 4.20. The van der Waals surface area contributed by atoms with E-state index >= 15 is 0 Å². The predicted octanol–water partition coefficient (Wildman–Crippen LogP) is 4.51. The molecule has 0 aliphatic carbocycles. The molecule has 1 aliphatic rings. The molecule has 3 aromatic rings. The average molecular weight is 446 g/mol. The fourth-order valence-corrected chi connectivity index (χ4v) is 4.20. The summed E-state index contributed by atoms with van der Waals surface area (Å²) in [5, 5.41) is 0. The second-order valence-corrected chi connectivity index (χ2v) is 8.44. The minimum atomic E-state index is -0.112. The molecule has 1 amide bonds. The highest BCUT2D eigenvalue weighted by atomic mass is 16.5. The highest BCUT2D eigenvalue weighted by Gasteiger charge is 2.32. The average Bonchev–Trinajstić information content (AvgIpc) is 2.87. The summed E-state index contributed by atoms with van der Waals surface area (Å²) in [5.41, 5.74) is 4.59. The maximum absolute atomic E-state index is 13.6. The van der Waals surface area contributed by atoms with Gasteiger partial charge in [-0.15, -0.1) is 0 Å². The van der Waals surface area contributed by atoms with Crippen molar-refractivity contribution in [3.63, 3.8) is 0 Å². The lowest BCUT2D eigenvalue weighted by atomic mass is 9.93. The second-order valence-electron chi connectivity index (χ2n) is 8.44. The van der Waals surface area contributed by atoms with Gasteiger partial charge in [0.2, 0.25) is 5.95 Å². The van der Waals surface area contributed by atoms with Crippen LogP contribution < -0.4 is 4.90 Å². The second kappa shape index (κ2) is 10.5. The van der Waals surface area contributed by atoms with Crippen molar-refractivity contribution in [2.45, 2.75) is 38.8 Å². The summed E-state index contributed by atoms with van der Waals surface area (Å²) in [4.78, 5) is 31.1. The molecule has 1 aliphatic heterocycles. The van der Waals surface area contributed by atoms with E-state index in [1.54, 1.807) is 12.4 Å². The largest absolute Gasteiger partial charge is 0.377 e. The van der Waals surface area contributed by atoms with E-state index in [9.17, 15) is 4.79 Å². The molecule has 7 nitrogen and oxygen atoms in total. The van der Waals surface area contributed by atoms with E-state index in [4.69, 9.17) is 9.72 Å². The van der Waals surface area contributed by atoms with Gasteiger partial charge in [0.05, 0.1) is 18.3 Å². The van der Waals surface area contributed by atoms with Crippen LogP contribution in [-0.4, -0.2) is 53.0 Å². The number of rotatable bonds is 7. The molecule has 1 atom stereocenters. The molecule has 0 unspecified atom stereocenters. The van der Waals surface area contributed by atoms with E-state index in [1.807, 2.05) is 73.4 Å². The molecular formula is C26H31N5O2. The molecule has 3 heterocycles. The Bertz CT molecular complexity index is 1070. The SMILES string of the molecule is CCOCc1ccc(C(=O)N2CCCC[C@@H]2c2nc(N(C)C)ncc2-c2ccncc2)cc1. The monoisotopic (exact) mass is 445 g/mol. The first-order valence-corrected chi connectivity index (χ1v) is 11.5. The standard InChI is InChI=1S/C26H31N5O2/c1-4-33-18-19-8-10-21(11-9-19)25(32)31-16-6-5-7-23(31)24-22(20-12-14-27-15-13-20)17-28-26(29-24)30(2)3/h8-15,17,23H,4-7,16,18H2,1-3H3/t23-/m1/s1. The number of carbonyl (C=O) groups is 1. The van der Waals surface area contributed by atoms with Gasteiger partial charge in [0, 0.05) is 57.0 Å². The zero-order valence-electron chi connectivity index (χ0n) is 19.6. The Hall–Kier alpha value is -3.32. The summed E-state index contributed by atoms with van der Waals surface area (Å²) in [5.74, 6) is 0.675. The van der Waals surface area contributed by atoms with E-state index in [0.717, 1.165) is 41.6 Å². The van der Waals surface area contributed by atoms with Crippen LogP contribution in [-0.2, 0) is 11.3 Å². The van der Waals surface area contributed by atoms with Crippen LogP contribution in [0.4, 0.5) is 5.95 Å². The van der Waals surface area contributed by atoms with Crippen LogP contribution in [0, 0.1) is 0 Å². The number of hydrogen-bond acceptors (Lipinski definition) is 6. The fraction of sp³-hybridized carbons (Fsp3) is 0.385.